The number of piperazine rings is 1. The molecule has 8 nitrogen and oxygen atoms in total. The molecule has 2 amide bonds. The monoisotopic (exact) mass is 430 g/mol. The van der Waals surface area contributed by atoms with Crippen molar-refractivity contribution in [1.29, 1.82) is 0 Å². The Morgan fingerprint density at radius 1 is 1.03 bits per heavy atom. The van der Waals surface area contributed by atoms with Crippen molar-refractivity contribution >= 4 is 27.5 Å². The van der Waals surface area contributed by atoms with Crippen LogP contribution in [-0.4, -0.2) is 57.9 Å². The summed E-state index contributed by atoms with van der Waals surface area (Å²) in [5.41, 5.74) is 3.14. The van der Waals surface area contributed by atoms with Crippen LogP contribution in [0, 0.1) is 6.92 Å². The highest BCUT2D eigenvalue weighted by Gasteiger charge is 2.25. The normalized spacial score (nSPS) is 14.5. The van der Waals surface area contributed by atoms with Crippen molar-refractivity contribution in [3.63, 3.8) is 0 Å². The van der Waals surface area contributed by atoms with Gasteiger partial charge in [0, 0.05) is 38.4 Å². The number of rotatable bonds is 5. The summed E-state index contributed by atoms with van der Waals surface area (Å²) in [4.78, 5) is 28.4. The van der Waals surface area contributed by atoms with Gasteiger partial charge in [-0.2, -0.15) is 0 Å². The van der Waals surface area contributed by atoms with E-state index in [1.165, 1.54) is 17.7 Å². The zero-order valence-corrected chi connectivity index (χ0v) is 17.7. The molecular formula is C21H26N4O4S. The Bertz CT molecular complexity index is 1010. The molecule has 1 aliphatic heterocycles. The van der Waals surface area contributed by atoms with Crippen LogP contribution in [0.25, 0.3) is 0 Å². The van der Waals surface area contributed by atoms with Crippen LogP contribution in [0.1, 0.15) is 11.1 Å². The highest BCUT2D eigenvalue weighted by Crippen LogP contribution is 2.17. The number of aryl methyl sites for hydroxylation is 1. The lowest BCUT2D eigenvalue weighted by Gasteiger charge is -2.35. The van der Waals surface area contributed by atoms with Gasteiger partial charge in [0.05, 0.1) is 4.90 Å². The number of sulfonamides is 1. The Balaban J connectivity index is 1.44. The van der Waals surface area contributed by atoms with E-state index in [1.54, 1.807) is 17.0 Å². The number of hydrogen-bond donors (Lipinski definition) is 2. The maximum atomic E-state index is 12.4. The maximum Gasteiger partial charge on any atom is 0.312 e. The van der Waals surface area contributed by atoms with Crippen molar-refractivity contribution < 1.29 is 18.0 Å². The van der Waals surface area contributed by atoms with Crippen molar-refractivity contribution in [2.24, 2.45) is 5.14 Å². The Kier molecular flexibility index (Phi) is 6.73. The first-order valence-electron chi connectivity index (χ1n) is 9.74. The fourth-order valence-corrected chi connectivity index (χ4v) is 3.89. The third-order valence-electron chi connectivity index (χ3n) is 5.08. The molecule has 1 heterocycles. The van der Waals surface area contributed by atoms with Gasteiger partial charge in [0.1, 0.15) is 0 Å². The van der Waals surface area contributed by atoms with Crippen molar-refractivity contribution in [2.45, 2.75) is 18.2 Å². The summed E-state index contributed by atoms with van der Waals surface area (Å²) >= 11 is 0. The third kappa shape index (κ3) is 5.58. The quantitative estimate of drug-likeness (QED) is 0.677. The molecule has 0 aliphatic carbocycles. The lowest BCUT2D eigenvalue weighted by Crippen LogP contribution is -2.52. The minimum absolute atomic E-state index is 0.0373. The first-order chi connectivity index (χ1) is 14.2. The Labute approximate surface area is 176 Å². The molecule has 2 aromatic carbocycles. The van der Waals surface area contributed by atoms with E-state index < -0.39 is 21.8 Å². The average Bonchev–Trinajstić information content (AvgIpc) is 2.73. The van der Waals surface area contributed by atoms with E-state index in [9.17, 15) is 18.0 Å². The molecule has 160 valence electrons. The number of carbonyl (C=O) groups excluding carboxylic acids is 2. The molecule has 30 heavy (non-hydrogen) atoms. The summed E-state index contributed by atoms with van der Waals surface area (Å²) < 4.78 is 22.5. The Morgan fingerprint density at radius 3 is 2.30 bits per heavy atom. The molecule has 1 fully saturated rings. The Morgan fingerprint density at radius 2 is 1.70 bits per heavy atom. The van der Waals surface area contributed by atoms with Gasteiger partial charge in [-0.1, -0.05) is 24.3 Å². The lowest BCUT2D eigenvalue weighted by molar-refractivity contribution is -0.146. The lowest BCUT2D eigenvalue weighted by atomic mass is 10.1. The molecule has 1 aliphatic rings. The zero-order chi connectivity index (χ0) is 21.7. The van der Waals surface area contributed by atoms with E-state index >= 15 is 0 Å². The van der Waals surface area contributed by atoms with Gasteiger partial charge in [0.2, 0.25) is 10.0 Å². The SMILES string of the molecule is Cc1cccc(N2CCN(C(=O)C(=O)NCCc3ccc(S(N)(=O)=O)cc3)CC2)c1. The van der Waals surface area contributed by atoms with Crippen molar-refractivity contribution in [2.75, 3.05) is 37.6 Å². The predicted octanol–water partition coefficient (Wildman–Crippen LogP) is 0.650. The highest BCUT2D eigenvalue weighted by atomic mass is 32.2. The fourth-order valence-electron chi connectivity index (χ4n) is 3.38. The van der Waals surface area contributed by atoms with Crippen LogP contribution in [0.2, 0.25) is 0 Å². The second-order valence-electron chi connectivity index (χ2n) is 7.31. The van der Waals surface area contributed by atoms with Gasteiger partial charge in [-0.25, -0.2) is 13.6 Å². The van der Waals surface area contributed by atoms with Crippen LogP contribution in [0.3, 0.4) is 0 Å². The van der Waals surface area contributed by atoms with Crippen molar-refractivity contribution in [3.8, 4) is 0 Å². The number of anilines is 1. The summed E-state index contributed by atoms with van der Waals surface area (Å²) in [6, 6.07) is 14.3. The number of carbonyl (C=O) groups is 2. The summed E-state index contributed by atoms with van der Waals surface area (Å²) in [6.45, 7) is 4.67. The van der Waals surface area contributed by atoms with Gasteiger partial charge in [-0.05, 0) is 48.7 Å². The molecule has 0 atom stereocenters. The predicted molar refractivity (Wildman–Crippen MR) is 115 cm³/mol. The zero-order valence-electron chi connectivity index (χ0n) is 16.9. The van der Waals surface area contributed by atoms with Crippen LogP contribution < -0.4 is 15.4 Å². The fraction of sp³-hybridized carbons (Fsp3) is 0.333. The van der Waals surface area contributed by atoms with Crippen molar-refractivity contribution in [1.82, 2.24) is 10.2 Å². The molecule has 3 rings (SSSR count). The number of primary sulfonamides is 1. The Hall–Kier alpha value is -2.91. The minimum atomic E-state index is -3.72. The van der Waals surface area contributed by atoms with E-state index in [4.69, 9.17) is 5.14 Å². The minimum Gasteiger partial charge on any atom is -0.368 e. The van der Waals surface area contributed by atoms with Crippen LogP contribution in [0.4, 0.5) is 5.69 Å². The van der Waals surface area contributed by atoms with Crippen LogP contribution in [-0.2, 0) is 26.0 Å². The molecule has 0 bridgehead atoms. The van der Waals surface area contributed by atoms with Gasteiger partial charge < -0.3 is 15.1 Å². The van der Waals surface area contributed by atoms with E-state index in [2.05, 4.69) is 16.3 Å². The summed E-state index contributed by atoms with van der Waals surface area (Å²) in [6.07, 6.45) is 0.477. The van der Waals surface area contributed by atoms with Crippen molar-refractivity contribution in [3.05, 3.63) is 59.7 Å². The van der Waals surface area contributed by atoms with Crippen LogP contribution >= 0.6 is 0 Å². The standard InChI is InChI=1S/C21H26N4O4S/c1-16-3-2-4-18(15-16)24-11-13-25(14-12-24)21(27)20(26)23-10-9-17-5-7-19(8-6-17)30(22,28)29/h2-8,15H,9-14H2,1H3,(H,23,26)(H2,22,28,29). The van der Waals surface area contributed by atoms with Crippen LogP contribution in [0.15, 0.2) is 53.4 Å². The number of nitrogens with two attached hydrogens (primary N) is 1. The number of hydrogen-bond acceptors (Lipinski definition) is 5. The van der Waals surface area contributed by atoms with E-state index in [0.29, 0.717) is 32.6 Å². The van der Waals surface area contributed by atoms with Crippen LogP contribution in [0.5, 0.6) is 0 Å². The molecular weight excluding hydrogens is 404 g/mol. The molecule has 1 saturated heterocycles. The first-order valence-corrected chi connectivity index (χ1v) is 11.3. The number of benzene rings is 2. The van der Waals surface area contributed by atoms with E-state index in [-0.39, 0.29) is 11.4 Å². The number of nitrogens with zero attached hydrogens (tertiary/aromatic N) is 2. The first kappa shape index (κ1) is 21.8. The van der Waals surface area contributed by atoms with Gasteiger partial charge in [0.15, 0.2) is 0 Å². The summed E-state index contributed by atoms with van der Waals surface area (Å²) in [5.74, 6) is -1.15. The highest BCUT2D eigenvalue weighted by molar-refractivity contribution is 7.89. The second kappa shape index (κ2) is 9.27. The van der Waals surface area contributed by atoms with E-state index in [1.807, 2.05) is 25.1 Å². The molecule has 0 unspecified atom stereocenters. The van der Waals surface area contributed by atoms with E-state index in [0.717, 1.165) is 11.3 Å². The largest absolute Gasteiger partial charge is 0.368 e. The smallest absolute Gasteiger partial charge is 0.312 e. The molecule has 0 radical (unpaired) electrons. The summed E-state index contributed by atoms with van der Waals surface area (Å²) in [7, 11) is -3.72. The number of nitrogens with one attached hydrogen (secondary N) is 1. The second-order valence-corrected chi connectivity index (χ2v) is 8.87. The van der Waals surface area contributed by atoms with Gasteiger partial charge in [-0.3, -0.25) is 9.59 Å². The van der Waals surface area contributed by atoms with Gasteiger partial charge in [0.25, 0.3) is 0 Å². The number of amides is 2. The molecule has 0 spiro atoms. The van der Waals surface area contributed by atoms with Gasteiger partial charge >= 0.3 is 11.8 Å². The molecule has 0 aromatic heterocycles. The molecule has 9 heteroatoms. The maximum absolute atomic E-state index is 12.4. The molecule has 2 aromatic rings. The topological polar surface area (TPSA) is 113 Å². The summed E-state index contributed by atoms with van der Waals surface area (Å²) in [5, 5.41) is 7.71. The average molecular weight is 431 g/mol. The third-order valence-corrected chi connectivity index (χ3v) is 6.01. The van der Waals surface area contributed by atoms with Gasteiger partial charge in [-0.15, -0.1) is 0 Å². The molecule has 3 N–H and O–H groups in total. The molecule has 0 saturated carbocycles.